The molecule has 1 unspecified atom stereocenters. The van der Waals surface area contributed by atoms with Gasteiger partial charge in [0.05, 0.1) is 5.92 Å². The molecule has 2 saturated carbocycles. The number of alkyl carbamates (subject to hydrolysis) is 1. The van der Waals surface area contributed by atoms with E-state index in [4.69, 9.17) is 4.74 Å². The average Bonchev–Trinajstić information content (AvgIpc) is 3.46. The highest BCUT2D eigenvalue weighted by Gasteiger charge is 2.34. The number of carbonyl (C=O) groups excluding carboxylic acids is 2. The van der Waals surface area contributed by atoms with Crippen LogP contribution < -0.4 is 10.6 Å². The standard InChI is InChI=1S/C28H32N2O5/c31-26(29-15-19(27(32)33)13-17-9-10-17)18-11-12-20(14-18)30-28(34)35-16-25-23-7-3-1-5-21(23)22-6-2-4-8-24(22)25/h1-8,17-20,25H,9-16H2,(H,29,31)(H,30,34)(H,32,33)/t18-,19?,20+/m0/s1. The molecule has 3 atom stereocenters. The molecule has 0 bridgehead atoms. The summed E-state index contributed by atoms with van der Waals surface area (Å²) in [6.45, 7) is 0.430. The quantitative estimate of drug-likeness (QED) is 0.500. The average molecular weight is 477 g/mol. The van der Waals surface area contributed by atoms with Gasteiger partial charge in [-0.1, -0.05) is 61.4 Å². The summed E-state index contributed by atoms with van der Waals surface area (Å²) < 4.78 is 5.63. The Morgan fingerprint density at radius 2 is 1.60 bits per heavy atom. The fraction of sp³-hybridized carbons (Fsp3) is 0.464. The lowest BCUT2D eigenvalue weighted by Gasteiger charge is -2.17. The molecule has 2 fully saturated rings. The number of nitrogens with one attached hydrogen (secondary N) is 2. The van der Waals surface area contributed by atoms with Gasteiger partial charge in [-0.2, -0.15) is 0 Å². The molecule has 0 heterocycles. The van der Waals surface area contributed by atoms with Gasteiger partial charge in [-0.05, 0) is 53.9 Å². The molecule has 184 valence electrons. The number of benzene rings is 2. The maximum Gasteiger partial charge on any atom is 0.407 e. The fourth-order valence-corrected chi connectivity index (χ4v) is 5.55. The summed E-state index contributed by atoms with van der Waals surface area (Å²) in [7, 11) is 0. The second-order valence-corrected chi connectivity index (χ2v) is 10.1. The van der Waals surface area contributed by atoms with Crippen molar-refractivity contribution in [1.29, 1.82) is 0 Å². The minimum Gasteiger partial charge on any atom is -0.481 e. The van der Waals surface area contributed by atoms with Crippen molar-refractivity contribution in [2.24, 2.45) is 17.8 Å². The molecule has 3 N–H and O–H groups in total. The lowest BCUT2D eigenvalue weighted by atomic mass is 9.98. The maximum atomic E-state index is 12.6. The van der Waals surface area contributed by atoms with Gasteiger partial charge >= 0.3 is 12.1 Å². The minimum absolute atomic E-state index is 0.00748. The van der Waals surface area contributed by atoms with E-state index in [1.165, 1.54) is 22.3 Å². The highest BCUT2D eigenvalue weighted by molar-refractivity contribution is 5.80. The number of carbonyl (C=O) groups is 3. The Labute approximate surface area is 205 Å². The minimum atomic E-state index is -0.849. The van der Waals surface area contributed by atoms with Gasteiger partial charge in [0, 0.05) is 24.4 Å². The number of amides is 2. The second kappa shape index (κ2) is 10.1. The molecule has 2 amide bonds. The lowest BCUT2D eigenvalue weighted by Crippen LogP contribution is -2.38. The largest absolute Gasteiger partial charge is 0.481 e. The molecule has 0 spiro atoms. The summed E-state index contributed by atoms with van der Waals surface area (Å²) in [5.41, 5.74) is 4.70. The van der Waals surface area contributed by atoms with E-state index < -0.39 is 18.0 Å². The third-order valence-corrected chi connectivity index (χ3v) is 7.66. The summed E-state index contributed by atoms with van der Waals surface area (Å²) in [6, 6.07) is 16.3. The van der Waals surface area contributed by atoms with Gasteiger partial charge in [0.15, 0.2) is 0 Å². The number of ether oxygens (including phenoxy) is 1. The Kier molecular flexibility index (Phi) is 6.75. The summed E-state index contributed by atoms with van der Waals surface area (Å²) in [4.78, 5) is 36.6. The van der Waals surface area contributed by atoms with Crippen LogP contribution in [-0.4, -0.2) is 42.3 Å². The van der Waals surface area contributed by atoms with Crippen molar-refractivity contribution < 1.29 is 24.2 Å². The van der Waals surface area contributed by atoms with E-state index in [9.17, 15) is 19.5 Å². The van der Waals surface area contributed by atoms with Crippen molar-refractivity contribution in [2.75, 3.05) is 13.2 Å². The first-order valence-corrected chi connectivity index (χ1v) is 12.6. The van der Waals surface area contributed by atoms with Crippen LogP contribution in [-0.2, 0) is 14.3 Å². The van der Waals surface area contributed by atoms with Crippen LogP contribution in [0, 0.1) is 17.8 Å². The predicted molar refractivity (Wildman–Crippen MR) is 131 cm³/mol. The molecule has 0 radical (unpaired) electrons. The maximum absolute atomic E-state index is 12.6. The lowest BCUT2D eigenvalue weighted by molar-refractivity contribution is -0.142. The van der Waals surface area contributed by atoms with Crippen LogP contribution >= 0.6 is 0 Å². The molecule has 0 aliphatic heterocycles. The Morgan fingerprint density at radius 3 is 2.23 bits per heavy atom. The molecule has 0 aromatic heterocycles. The molecular formula is C28H32N2O5. The molecule has 7 nitrogen and oxygen atoms in total. The Morgan fingerprint density at radius 1 is 0.943 bits per heavy atom. The van der Waals surface area contributed by atoms with E-state index >= 15 is 0 Å². The smallest absolute Gasteiger partial charge is 0.407 e. The number of rotatable bonds is 9. The van der Waals surface area contributed by atoms with E-state index in [0.29, 0.717) is 31.6 Å². The summed E-state index contributed by atoms with van der Waals surface area (Å²) in [6.07, 6.45) is 4.25. The topological polar surface area (TPSA) is 105 Å². The molecule has 3 aliphatic rings. The molecule has 35 heavy (non-hydrogen) atoms. The second-order valence-electron chi connectivity index (χ2n) is 10.1. The molecule has 5 rings (SSSR count). The summed E-state index contributed by atoms with van der Waals surface area (Å²) in [5, 5.41) is 15.1. The molecular weight excluding hydrogens is 444 g/mol. The van der Waals surface area contributed by atoms with Crippen LogP contribution in [0.2, 0.25) is 0 Å². The zero-order valence-corrected chi connectivity index (χ0v) is 19.7. The number of aliphatic carboxylic acids is 1. The van der Waals surface area contributed by atoms with E-state index in [-0.39, 0.29) is 36.9 Å². The number of hydrogen-bond acceptors (Lipinski definition) is 4. The first-order valence-electron chi connectivity index (χ1n) is 12.6. The van der Waals surface area contributed by atoms with Gasteiger partial charge in [0.25, 0.3) is 0 Å². The van der Waals surface area contributed by atoms with Crippen molar-refractivity contribution in [3.05, 3.63) is 59.7 Å². The van der Waals surface area contributed by atoms with Crippen molar-refractivity contribution in [3.63, 3.8) is 0 Å². The molecule has 7 heteroatoms. The SMILES string of the molecule is O=C(N[C@@H]1CC[C@H](C(=O)NCC(CC2CC2)C(=O)O)C1)OCC1c2ccccc2-c2ccccc21. The predicted octanol–water partition coefficient (Wildman–Crippen LogP) is 4.31. The van der Waals surface area contributed by atoms with Crippen LogP contribution in [0.5, 0.6) is 0 Å². The number of carboxylic acids is 1. The van der Waals surface area contributed by atoms with E-state index in [1.807, 2.05) is 24.3 Å². The van der Waals surface area contributed by atoms with Gasteiger partial charge in [-0.25, -0.2) is 4.79 Å². The number of carboxylic acid groups (broad SMARTS) is 1. The van der Waals surface area contributed by atoms with Crippen molar-refractivity contribution in [1.82, 2.24) is 10.6 Å². The molecule has 2 aromatic carbocycles. The third-order valence-electron chi connectivity index (χ3n) is 7.66. The number of hydrogen-bond donors (Lipinski definition) is 3. The van der Waals surface area contributed by atoms with Crippen molar-refractivity contribution in [3.8, 4) is 11.1 Å². The van der Waals surface area contributed by atoms with Gasteiger partial charge in [0.1, 0.15) is 6.61 Å². The van der Waals surface area contributed by atoms with Gasteiger partial charge in [0.2, 0.25) is 5.91 Å². The van der Waals surface area contributed by atoms with Crippen molar-refractivity contribution >= 4 is 18.0 Å². The zero-order valence-electron chi connectivity index (χ0n) is 19.7. The van der Waals surface area contributed by atoms with E-state index in [2.05, 4.69) is 34.9 Å². The molecule has 0 saturated heterocycles. The summed E-state index contributed by atoms with van der Waals surface area (Å²) >= 11 is 0. The third kappa shape index (κ3) is 5.34. The Balaban J connectivity index is 1.09. The van der Waals surface area contributed by atoms with Gasteiger partial charge < -0.3 is 20.5 Å². The normalized spacial score (nSPS) is 21.6. The molecule has 2 aromatic rings. The Bertz CT molecular complexity index is 1070. The van der Waals surface area contributed by atoms with Crippen LogP contribution in [0.4, 0.5) is 4.79 Å². The van der Waals surface area contributed by atoms with Crippen LogP contribution in [0.1, 0.15) is 55.6 Å². The van der Waals surface area contributed by atoms with E-state index in [1.54, 1.807) is 0 Å². The van der Waals surface area contributed by atoms with Crippen LogP contribution in [0.15, 0.2) is 48.5 Å². The fourth-order valence-electron chi connectivity index (χ4n) is 5.55. The summed E-state index contributed by atoms with van der Waals surface area (Å²) in [5.74, 6) is -1.22. The first-order chi connectivity index (χ1) is 17.0. The Hall–Kier alpha value is -3.35. The molecule has 3 aliphatic carbocycles. The highest BCUT2D eigenvalue weighted by atomic mass is 16.5. The van der Waals surface area contributed by atoms with E-state index in [0.717, 1.165) is 12.8 Å². The van der Waals surface area contributed by atoms with Gasteiger partial charge in [-0.3, -0.25) is 9.59 Å². The monoisotopic (exact) mass is 476 g/mol. The van der Waals surface area contributed by atoms with Crippen LogP contribution in [0.25, 0.3) is 11.1 Å². The first kappa shape index (κ1) is 23.4. The van der Waals surface area contributed by atoms with Crippen molar-refractivity contribution in [2.45, 2.75) is 50.5 Å². The van der Waals surface area contributed by atoms with Gasteiger partial charge in [-0.15, -0.1) is 0 Å². The zero-order chi connectivity index (χ0) is 24.4. The highest BCUT2D eigenvalue weighted by Crippen LogP contribution is 2.44. The van der Waals surface area contributed by atoms with Crippen LogP contribution in [0.3, 0.4) is 0 Å². The number of fused-ring (bicyclic) bond motifs is 3.